The van der Waals surface area contributed by atoms with E-state index in [2.05, 4.69) is 30.3 Å². The van der Waals surface area contributed by atoms with Crippen molar-refractivity contribution in [1.29, 1.82) is 5.26 Å². The molecule has 0 aromatic heterocycles. The van der Waals surface area contributed by atoms with E-state index in [1.165, 1.54) is 17.2 Å². The fourth-order valence-corrected chi connectivity index (χ4v) is 4.38. The van der Waals surface area contributed by atoms with Crippen molar-refractivity contribution in [3.63, 3.8) is 0 Å². The van der Waals surface area contributed by atoms with Crippen LogP contribution in [0.1, 0.15) is 23.1 Å². The maximum atomic E-state index is 9.35. The van der Waals surface area contributed by atoms with Crippen molar-refractivity contribution in [2.24, 2.45) is 0 Å². The van der Waals surface area contributed by atoms with Crippen LogP contribution >= 0.6 is 0 Å². The molecule has 1 aliphatic heterocycles. The van der Waals surface area contributed by atoms with Gasteiger partial charge >= 0.3 is 0 Å². The summed E-state index contributed by atoms with van der Waals surface area (Å²) in [5, 5.41) is 11.3. The smallest absolute Gasteiger partial charge is 0.143 e. The fourth-order valence-electron chi connectivity index (χ4n) is 4.38. The Labute approximate surface area is 169 Å². The van der Waals surface area contributed by atoms with Crippen molar-refractivity contribution in [3.8, 4) is 23.3 Å². The zero-order chi connectivity index (χ0) is 20.0. The number of hydrogen-bond donors (Lipinski definition) is 0. The lowest BCUT2D eigenvalue weighted by Crippen LogP contribution is -2.16. The summed E-state index contributed by atoms with van der Waals surface area (Å²) in [6.07, 6.45) is 3.21. The van der Waals surface area contributed by atoms with E-state index in [0.29, 0.717) is 5.76 Å². The highest BCUT2D eigenvalue weighted by Gasteiger charge is 2.31. The predicted molar refractivity (Wildman–Crippen MR) is 112 cm³/mol. The number of nitrogens with zero attached hydrogens (tertiary/aromatic N) is 1. The molecule has 1 aliphatic carbocycles. The predicted octanol–water partition coefficient (Wildman–Crippen LogP) is 5.40. The summed E-state index contributed by atoms with van der Waals surface area (Å²) in [4.78, 5) is 0. The van der Waals surface area contributed by atoms with Crippen LogP contribution in [0, 0.1) is 11.3 Å². The molecule has 3 aromatic rings. The second-order valence-corrected chi connectivity index (χ2v) is 7.11. The Hall–Kier alpha value is -3.71. The molecule has 5 rings (SSSR count). The van der Waals surface area contributed by atoms with Gasteiger partial charge in [0.25, 0.3) is 0 Å². The summed E-state index contributed by atoms with van der Waals surface area (Å²) in [5.74, 6) is 3.06. The summed E-state index contributed by atoms with van der Waals surface area (Å²) in [7, 11) is 3.35. The number of benzene rings is 3. The molecule has 0 bridgehead atoms. The second kappa shape index (κ2) is 6.72. The third kappa shape index (κ3) is 2.59. The molecule has 0 spiro atoms. The van der Waals surface area contributed by atoms with Crippen molar-refractivity contribution < 1.29 is 14.2 Å². The molecular weight excluding hydrogens is 362 g/mol. The van der Waals surface area contributed by atoms with Gasteiger partial charge in [-0.25, -0.2) is 0 Å². The molecule has 1 heterocycles. The maximum Gasteiger partial charge on any atom is 0.143 e. The second-order valence-electron chi connectivity index (χ2n) is 7.11. The quantitative estimate of drug-likeness (QED) is 0.557. The largest absolute Gasteiger partial charge is 0.497 e. The van der Waals surface area contributed by atoms with Gasteiger partial charge in [-0.1, -0.05) is 18.2 Å². The topological polar surface area (TPSA) is 51.5 Å². The number of fused-ring (bicyclic) bond motifs is 6. The summed E-state index contributed by atoms with van der Waals surface area (Å²) in [6.45, 7) is 0. The van der Waals surface area contributed by atoms with E-state index in [1.54, 1.807) is 14.2 Å². The summed E-state index contributed by atoms with van der Waals surface area (Å²) in [6, 6.07) is 18.5. The molecule has 0 unspecified atom stereocenters. The molecular formula is C25H19NO3. The van der Waals surface area contributed by atoms with Gasteiger partial charge in [0.2, 0.25) is 0 Å². The first-order valence-corrected chi connectivity index (χ1v) is 9.53. The average Bonchev–Trinajstić information content (AvgIpc) is 2.77. The molecule has 4 heteroatoms. The SMILES string of the molecule is COc1ccc2c(c1)CCC1=C2c2ccc3c(OC)cccc3c2O/C1=C/C#N. The van der Waals surface area contributed by atoms with Gasteiger partial charge in [-0.05, 0) is 59.9 Å². The van der Waals surface area contributed by atoms with Crippen LogP contribution in [0.4, 0.5) is 0 Å². The van der Waals surface area contributed by atoms with Crippen molar-refractivity contribution in [3.05, 3.63) is 82.6 Å². The Morgan fingerprint density at radius 1 is 0.966 bits per heavy atom. The van der Waals surface area contributed by atoms with Gasteiger partial charge in [0.1, 0.15) is 23.0 Å². The minimum Gasteiger partial charge on any atom is -0.497 e. The number of hydrogen-bond acceptors (Lipinski definition) is 4. The first kappa shape index (κ1) is 17.4. The van der Waals surface area contributed by atoms with Crippen LogP contribution in [0.15, 0.2) is 65.9 Å². The highest BCUT2D eigenvalue weighted by Crippen LogP contribution is 2.49. The van der Waals surface area contributed by atoms with Crippen molar-refractivity contribution in [2.45, 2.75) is 12.8 Å². The van der Waals surface area contributed by atoms with Crippen LogP contribution in [-0.2, 0) is 6.42 Å². The number of rotatable bonds is 2. The lowest BCUT2D eigenvalue weighted by Gasteiger charge is -2.31. The monoisotopic (exact) mass is 381 g/mol. The van der Waals surface area contributed by atoms with E-state index >= 15 is 0 Å². The summed E-state index contributed by atoms with van der Waals surface area (Å²) >= 11 is 0. The Kier molecular flexibility index (Phi) is 4.03. The highest BCUT2D eigenvalue weighted by atomic mass is 16.5. The Balaban J connectivity index is 1.83. The third-order valence-corrected chi connectivity index (χ3v) is 5.69. The van der Waals surface area contributed by atoms with Crippen LogP contribution in [-0.4, -0.2) is 14.2 Å². The molecule has 0 radical (unpaired) electrons. The molecule has 2 aliphatic rings. The minimum absolute atomic E-state index is 0.631. The summed E-state index contributed by atoms with van der Waals surface area (Å²) in [5.41, 5.74) is 5.68. The molecule has 142 valence electrons. The average molecular weight is 381 g/mol. The maximum absolute atomic E-state index is 9.35. The van der Waals surface area contributed by atoms with Crippen LogP contribution in [0.2, 0.25) is 0 Å². The van der Waals surface area contributed by atoms with Crippen molar-refractivity contribution >= 4 is 16.3 Å². The van der Waals surface area contributed by atoms with Gasteiger partial charge in [-0.15, -0.1) is 0 Å². The van der Waals surface area contributed by atoms with Crippen LogP contribution < -0.4 is 14.2 Å². The van der Waals surface area contributed by atoms with Gasteiger partial charge in [-0.2, -0.15) is 5.26 Å². The normalized spacial score (nSPS) is 15.8. The third-order valence-electron chi connectivity index (χ3n) is 5.69. The van der Waals surface area contributed by atoms with Gasteiger partial charge in [0.15, 0.2) is 0 Å². The minimum atomic E-state index is 0.631. The Bertz CT molecular complexity index is 1260. The van der Waals surface area contributed by atoms with E-state index in [1.807, 2.05) is 24.3 Å². The Morgan fingerprint density at radius 2 is 1.83 bits per heavy atom. The van der Waals surface area contributed by atoms with Gasteiger partial charge < -0.3 is 14.2 Å². The molecule has 0 N–H and O–H groups in total. The Morgan fingerprint density at radius 3 is 2.62 bits per heavy atom. The van der Waals surface area contributed by atoms with E-state index in [9.17, 15) is 5.26 Å². The molecule has 0 saturated heterocycles. The molecule has 4 nitrogen and oxygen atoms in total. The molecule has 0 atom stereocenters. The number of methoxy groups -OCH3 is 2. The zero-order valence-electron chi connectivity index (χ0n) is 16.3. The number of nitriles is 1. The number of ether oxygens (including phenoxy) is 3. The van der Waals surface area contributed by atoms with E-state index in [0.717, 1.165) is 57.6 Å². The van der Waals surface area contributed by atoms with Gasteiger partial charge in [0, 0.05) is 21.9 Å². The standard InChI is InChI=1S/C25H19NO3/c1-27-16-7-9-17-15(14-16)6-8-20-23(12-13-26)29-25-19-4-3-5-22(28-2)18(19)10-11-21(25)24(17)20/h3-5,7,9-12,14H,6,8H2,1-2H3/b23-12+. The first-order chi connectivity index (χ1) is 14.2. The number of allylic oxidation sites excluding steroid dienone is 2. The lowest BCUT2D eigenvalue weighted by atomic mass is 9.79. The van der Waals surface area contributed by atoms with Gasteiger partial charge in [-0.3, -0.25) is 0 Å². The van der Waals surface area contributed by atoms with Crippen LogP contribution in [0.3, 0.4) is 0 Å². The van der Waals surface area contributed by atoms with Crippen LogP contribution in [0.25, 0.3) is 16.3 Å². The lowest BCUT2D eigenvalue weighted by molar-refractivity contribution is 0.413. The number of aryl methyl sites for hydroxylation is 1. The van der Waals surface area contributed by atoms with E-state index in [4.69, 9.17) is 14.2 Å². The first-order valence-electron chi connectivity index (χ1n) is 9.53. The van der Waals surface area contributed by atoms with Crippen molar-refractivity contribution in [1.82, 2.24) is 0 Å². The van der Waals surface area contributed by atoms with Crippen molar-refractivity contribution in [2.75, 3.05) is 14.2 Å². The fraction of sp³-hybridized carbons (Fsp3) is 0.160. The highest BCUT2D eigenvalue weighted by molar-refractivity contribution is 6.01. The molecule has 3 aromatic carbocycles. The molecule has 29 heavy (non-hydrogen) atoms. The molecule has 0 fully saturated rings. The zero-order valence-corrected chi connectivity index (χ0v) is 16.3. The van der Waals surface area contributed by atoms with E-state index in [-0.39, 0.29) is 0 Å². The molecule has 0 saturated carbocycles. The summed E-state index contributed by atoms with van der Waals surface area (Å²) < 4.78 is 17.3. The van der Waals surface area contributed by atoms with Crippen LogP contribution in [0.5, 0.6) is 17.2 Å². The molecule has 0 amide bonds. The van der Waals surface area contributed by atoms with E-state index < -0.39 is 0 Å². The van der Waals surface area contributed by atoms with Gasteiger partial charge in [0.05, 0.1) is 26.4 Å².